The van der Waals surface area contributed by atoms with Crippen molar-refractivity contribution in [3.05, 3.63) is 40.2 Å². The number of rotatable bonds is 3. The third-order valence-electron chi connectivity index (χ3n) is 2.66. The molecule has 0 unspecified atom stereocenters. The number of ether oxygens (including phenoxy) is 1. The predicted octanol–water partition coefficient (Wildman–Crippen LogP) is 1.17. The van der Waals surface area contributed by atoms with Gasteiger partial charge in [0.05, 0.1) is 12.6 Å². The molecule has 1 heterocycles. The lowest BCUT2D eigenvalue weighted by molar-refractivity contribution is -0.119. The van der Waals surface area contributed by atoms with Crippen LogP contribution in [0.1, 0.15) is 12.5 Å². The van der Waals surface area contributed by atoms with E-state index in [0.717, 1.165) is 5.39 Å². The van der Waals surface area contributed by atoms with E-state index in [2.05, 4.69) is 10.3 Å². The second kappa shape index (κ2) is 4.91. The van der Waals surface area contributed by atoms with Crippen molar-refractivity contribution in [2.75, 3.05) is 7.11 Å². The molecule has 1 amide bonds. The molecule has 0 aliphatic heterocycles. The summed E-state index contributed by atoms with van der Waals surface area (Å²) in [6.45, 7) is 1.65. The van der Waals surface area contributed by atoms with Gasteiger partial charge >= 0.3 is 0 Å². The Balaban J connectivity index is 2.43. The normalized spacial score (nSPS) is 10.3. The fraction of sp³-hybridized carbons (Fsp3) is 0.231. The van der Waals surface area contributed by atoms with Gasteiger partial charge in [0.2, 0.25) is 5.91 Å². The number of carbonyl (C=O) groups excluding carboxylic acids is 1. The molecule has 5 heteroatoms. The van der Waals surface area contributed by atoms with Crippen LogP contribution in [0.25, 0.3) is 10.9 Å². The lowest BCUT2D eigenvalue weighted by Gasteiger charge is -2.05. The van der Waals surface area contributed by atoms with E-state index in [9.17, 15) is 9.59 Å². The zero-order valence-electron chi connectivity index (χ0n) is 10.2. The number of amides is 1. The second-order valence-electron chi connectivity index (χ2n) is 3.99. The van der Waals surface area contributed by atoms with Crippen LogP contribution in [0, 0.1) is 0 Å². The first-order valence-corrected chi connectivity index (χ1v) is 5.54. The molecule has 2 aromatic rings. The van der Waals surface area contributed by atoms with E-state index < -0.39 is 0 Å². The molecule has 0 aliphatic rings. The number of hydrogen-bond donors (Lipinski definition) is 2. The molecule has 0 fully saturated rings. The predicted molar refractivity (Wildman–Crippen MR) is 68.6 cm³/mol. The number of carbonyl (C=O) groups is 1. The molecular formula is C13H14N2O3. The zero-order valence-corrected chi connectivity index (χ0v) is 10.2. The summed E-state index contributed by atoms with van der Waals surface area (Å²) in [6, 6.07) is 7.21. The lowest BCUT2D eigenvalue weighted by Crippen LogP contribution is -2.24. The van der Waals surface area contributed by atoms with Gasteiger partial charge in [0.15, 0.2) is 0 Å². The van der Waals surface area contributed by atoms with E-state index in [-0.39, 0.29) is 18.0 Å². The first kappa shape index (κ1) is 12.2. The van der Waals surface area contributed by atoms with Crippen molar-refractivity contribution in [3.8, 4) is 5.75 Å². The largest absolute Gasteiger partial charge is 0.497 e. The molecule has 1 aromatic carbocycles. The molecule has 2 rings (SSSR count). The van der Waals surface area contributed by atoms with Crippen LogP contribution >= 0.6 is 0 Å². The molecule has 1 aromatic heterocycles. The summed E-state index contributed by atoms with van der Waals surface area (Å²) in [5.41, 5.74) is 1.04. The highest BCUT2D eigenvalue weighted by Gasteiger charge is 2.04. The first-order valence-electron chi connectivity index (χ1n) is 5.54. The maximum Gasteiger partial charge on any atom is 0.253 e. The van der Waals surface area contributed by atoms with Crippen LogP contribution in [0.4, 0.5) is 0 Å². The number of H-pyrrole nitrogens is 1. The van der Waals surface area contributed by atoms with Crippen molar-refractivity contribution in [2.24, 2.45) is 0 Å². The first-order chi connectivity index (χ1) is 8.60. The van der Waals surface area contributed by atoms with E-state index in [1.54, 1.807) is 19.2 Å². The van der Waals surface area contributed by atoms with Crippen molar-refractivity contribution < 1.29 is 9.53 Å². The number of benzene rings is 1. The molecule has 0 radical (unpaired) electrons. The van der Waals surface area contributed by atoms with Crippen LogP contribution in [0.3, 0.4) is 0 Å². The van der Waals surface area contributed by atoms with Gasteiger partial charge in [-0.1, -0.05) is 0 Å². The van der Waals surface area contributed by atoms with Crippen LogP contribution in [0.2, 0.25) is 0 Å². The monoisotopic (exact) mass is 246 g/mol. The van der Waals surface area contributed by atoms with E-state index in [0.29, 0.717) is 16.8 Å². The van der Waals surface area contributed by atoms with Gasteiger partial charge in [-0.15, -0.1) is 0 Å². The Kier molecular flexibility index (Phi) is 3.32. The molecule has 0 bridgehead atoms. The Bertz CT molecular complexity index is 646. The highest BCUT2D eigenvalue weighted by atomic mass is 16.5. The number of methoxy groups -OCH3 is 1. The van der Waals surface area contributed by atoms with Gasteiger partial charge in [-0.2, -0.15) is 0 Å². The SMILES string of the molecule is COc1ccc2cc(CNC(C)=O)c(=O)[nH]c2c1. The quantitative estimate of drug-likeness (QED) is 0.854. The van der Waals surface area contributed by atoms with Crippen molar-refractivity contribution in [2.45, 2.75) is 13.5 Å². The topological polar surface area (TPSA) is 71.2 Å². The zero-order chi connectivity index (χ0) is 13.1. The summed E-state index contributed by atoms with van der Waals surface area (Å²) in [4.78, 5) is 25.4. The minimum Gasteiger partial charge on any atom is -0.497 e. The number of aromatic amines is 1. The lowest BCUT2D eigenvalue weighted by atomic mass is 10.1. The fourth-order valence-electron chi connectivity index (χ4n) is 1.70. The van der Waals surface area contributed by atoms with Gasteiger partial charge in [0.25, 0.3) is 5.56 Å². The molecule has 2 N–H and O–H groups in total. The summed E-state index contributed by atoms with van der Waals surface area (Å²) in [7, 11) is 1.57. The summed E-state index contributed by atoms with van der Waals surface area (Å²) in [5.74, 6) is 0.525. The maximum atomic E-state index is 11.8. The van der Waals surface area contributed by atoms with Crippen molar-refractivity contribution in [3.63, 3.8) is 0 Å². The van der Waals surface area contributed by atoms with Crippen LogP contribution in [-0.2, 0) is 11.3 Å². The molecular weight excluding hydrogens is 232 g/mol. The van der Waals surface area contributed by atoms with Gasteiger partial charge in [0.1, 0.15) is 5.75 Å². The smallest absolute Gasteiger partial charge is 0.253 e. The van der Waals surface area contributed by atoms with Crippen LogP contribution in [-0.4, -0.2) is 18.0 Å². The highest BCUT2D eigenvalue weighted by Crippen LogP contribution is 2.18. The summed E-state index contributed by atoms with van der Waals surface area (Å²) in [5, 5.41) is 3.51. The van der Waals surface area contributed by atoms with E-state index >= 15 is 0 Å². The Morgan fingerprint density at radius 1 is 1.39 bits per heavy atom. The molecule has 5 nitrogen and oxygen atoms in total. The average molecular weight is 246 g/mol. The molecule has 18 heavy (non-hydrogen) atoms. The molecule has 0 saturated carbocycles. The number of fused-ring (bicyclic) bond motifs is 1. The molecule has 0 spiro atoms. The molecule has 0 atom stereocenters. The molecule has 0 aliphatic carbocycles. The third-order valence-corrected chi connectivity index (χ3v) is 2.66. The summed E-state index contributed by atoms with van der Waals surface area (Å²) >= 11 is 0. The summed E-state index contributed by atoms with van der Waals surface area (Å²) < 4.78 is 5.09. The Morgan fingerprint density at radius 2 is 2.17 bits per heavy atom. The van der Waals surface area contributed by atoms with E-state index in [4.69, 9.17) is 4.74 Å². The number of pyridine rings is 1. The molecule has 0 saturated heterocycles. The molecule has 94 valence electrons. The Hall–Kier alpha value is -2.30. The fourth-order valence-corrected chi connectivity index (χ4v) is 1.70. The van der Waals surface area contributed by atoms with Gasteiger partial charge in [-0.05, 0) is 23.6 Å². The highest BCUT2D eigenvalue weighted by molar-refractivity contribution is 5.80. The van der Waals surface area contributed by atoms with Crippen LogP contribution < -0.4 is 15.6 Å². The Labute approximate surface area is 104 Å². The number of hydrogen-bond acceptors (Lipinski definition) is 3. The van der Waals surface area contributed by atoms with E-state index in [1.165, 1.54) is 6.92 Å². The number of nitrogens with one attached hydrogen (secondary N) is 2. The van der Waals surface area contributed by atoms with Crippen molar-refractivity contribution in [1.82, 2.24) is 10.3 Å². The Morgan fingerprint density at radius 3 is 2.83 bits per heavy atom. The van der Waals surface area contributed by atoms with Gasteiger partial charge in [-0.3, -0.25) is 9.59 Å². The van der Waals surface area contributed by atoms with Gasteiger partial charge in [-0.25, -0.2) is 0 Å². The maximum absolute atomic E-state index is 11.8. The third kappa shape index (κ3) is 2.51. The summed E-state index contributed by atoms with van der Waals surface area (Å²) in [6.07, 6.45) is 0. The minimum absolute atomic E-state index is 0.163. The number of aromatic nitrogens is 1. The van der Waals surface area contributed by atoms with Crippen molar-refractivity contribution >= 4 is 16.8 Å². The minimum atomic E-state index is -0.204. The second-order valence-corrected chi connectivity index (χ2v) is 3.99. The van der Waals surface area contributed by atoms with Crippen LogP contribution in [0.15, 0.2) is 29.1 Å². The van der Waals surface area contributed by atoms with E-state index in [1.807, 2.05) is 12.1 Å². The van der Waals surface area contributed by atoms with Gasteiger partial charge in [0, 0.05) is 25.1 Å². The van der Waals surface area contributed by atoms with Crippen LogP contribution in [0.5, 0.6) is 5.75 Å². The van der Waals surface area contributed by atoms with Crippen molar-refractivity contribution in [1.29, 1.82) is 0 Å². The average Bonchev–Trinajstić information content (AvgIpc) is 2.35. The van der Waals surface area contributed by atoms with Gasteiger partial charge < -0.3 is 15.0 Å². The standard InChI is InChI=1S/C13H14N2O3/c1-8(16)14-7-10-5-9-3-4-11(18-2)6-12(9)15-13(10)17/h3-6H,7H2,1-2H3,(H,14,16)(H,15,17).